The first-order valence-electron chi connectivity index (χ1n) is 7.86. The lowest BCUT2D eigenvalue weighted by Gasteiger charge is -2.17. The Morgan fingerprint density at radius 1 is 1.12 bits per heavy atom. The van der Waals surface area contributed by atoms with Crippen LogP contribution in [0.2, 0.25) is 0 Å². The van der Waals surface area contributed by atoms with Gasteiger partial charge >= 0.3 is 0 Å². The van der Waals surface area contributed by atoms with Crippen molar-refractivity contribution in [1.82, 2.24) is 15.5 Å². The summed E-state index contributed by atoms with van der Waals surface area (Å²) in [5.74, 6) is 1.57. The monoisotopic (exact) mass is 345 g/mol. The van der Waals surface area contributed by atoms with Crippen molar-refractivity contribution in [2.75, 3.05) is 0 Å². The maximum atomic E-state index is 13.4. The number of nitrogens with zero attached hydrogens (tertiary/aromatic N) is 2. The summed E-state index contributed by atoms with van der Waals surface area (Å²) in [6, 6.07) is 8.65. The molecule has 24 heavy (non-hydrogen) atoms. The lowest BCUT2D eigenvalue weighted by Crippen LogP contribution is -2.22. The lowest BCUT2D eigenvalue weighted by molar-refractivity contribution is 0.467. The second-order valence-electron chi connectivity index (χ2n) is 5.93. The van der Waals surface area contributed by atoms with E-state index in [1.807, 2.05) is 19.9 Å². The predicted molar refractivity (Wildman–Crippen MR) is 93.5 cm³/mol. The smallest absolute Gasteiger partial charge is 0.147 e. The molecule has 0 spiro atoms. The fourth-order valence-corrected chi connectivity index (χ4v) is 3.62. The van der Waals surface area contributed by atoms with E-state index in [9.17, 15) is 4.39 Å². The highest BCUT2D eigenvalue weighted by molar-refractivity contribution is 7.14. The second-order valence-corrected chi connectivity index (χ2v) is 6.94. The summed E-state index contributed by atoms with van der Waals surface area (Å²) >= 11 is 1.47. The van der Waals surface area contributed by atoms with Gasteiger partial charge in [-0.2, -0.15) is 0 Å². The van der Waals surface area contributed by atoms with Gasteiger partial charge in [0.05, 0.1) is 6.04 Å². The maximum absolute atomic E-state index is 13.4. The Bertz CT molecular complexity index is 842. The Morgan fingerprint density at radius 3 is 2.58 bits per heavy atom. The molecule has 1 N–H and O–H groups in total. The summed E-state index contributed by atoms with van der Waals surface area (Å²) in [7, 11) is 0. The third kappa shape index (κ3) is 3.55. The van der Waals surface area contributed by atoms with Gasteiger partial charge in [-0.25, -0.2) is 4.39 Å². The number of rotatable bonds is 5. The molecule has 2 atom stereocenters. The third-order valence-electron chi connectivity index (χ3n) is 3.93. The molecule has 0 saturated carbocycles. The molecule has 2 aromatic heterocycles. The molecule has 0 bridgehead atoms. The van der Waals surface area contributed by atoms with E-state index in [0.717, 1.165) is 32.7 Å². The van der Waals surface area contributed by atoms with Crippen molar-refractivity contribution in [1.29, 1.82) is 0 Å². The first-order chi connectivity index (χ1) is 11.4. The van der Waals surface area contributed by atoms with Gasteiger partial charge in [-0.1, -0.05) is 23.5 Å². The molecule has 0 saturated heterocycles. The maximum Gasteiger partial charge on any atom is 0.147 e. The summed E-state index contributed by atoms with van der Waals surface area (Å²) in [5, 5.41) is 13.6. The van der Waals surface area contributed by atoms with E-state index in [1.54, 1.807) is 6.07 Å². The van der Waals surface area contributed by atoms with E-state index in [-0.39, 0.29) is 17.9 Å². The van der Waals surface area contributed by atoms with Gasteiger partial charge in [-0.15, -0.1) is 10.2 Å². The van der Waals surface area contributed by atoms with Crippen molar-refractivity contribution < 1.29 is 8.81 Å². The fourth-order valence-electron chi connectivity index (χ4n) is 2.76. The highest BCUT2D eigenvalue weighted by atomic mass is 32.1. The van der Waals surface area contributed by atoms with Gasteiger partial charge < -0.3 is 9.73 Å². The number of nitrogens with one attached hydrogen (secondary N) is 1. The van der Waals surface area contributed by atoms with Crippen LogP contribution >= 0.6 is 11.3 Å². The Labute approximate surface area is 144 Å². The molecule has 3 rings (SSSR count). The van der Waals surface area contributed by atoms with Crippen LogP contribution in [0.5, 0.6) is 0 Å². The molecule has 2 heterocycles. The highest BCUT2D eigenvalue weighted by Gasteiger charge is 2.18. The van der Waals surface area contributed by atoms with Crippen LogP contribution in [0.4, 0.5) is 4.39 Å². The Hall–Kier alpha value is -2.05. The minimum atomic E-state index is -0.269. The summed E-state index contributed by atoms with van der Waals surface area (Å²) < 4.78 is 18.9. The molecule has 1 aromatic carbocycles. The zero-order valence-corrected chi connectivity index (χ0v) is 14.9. The quantitative estimate of drug-likeness (QED) is 0.709. The van der Waals surface area contributed by atoms with Crippen LogP contribution in [0, 0.1) is 19.7 Å². The van der Waals surface area contributed by atoms with Crippen LogP contribution in [0.25, 0.3) is 10.6 Å². The number of furan rings is 1. The van der Waals surface area contributed by atoms with Gasteiger partial charge in [-0.3, -0.25) is 0 Å². The third-order valence-corrected chi connectivity index (χ3v) is 5.08. The molecule has 6 heteroatoms. The van der Waals surface area contributed by atoms with Crippen LogP contribution < -0.4 is 5.32 Å². The molecule has 0 amide bonds. The highest BCUT2D eigenvalue weighted by Crippen LogP contribution is 2.29. The van der Waals surface area contributed by atoms with Crippen molar-refractivity contribution >= 4 is 11.3 Å². The Morgan fingerprint density at radius 2 is 1.92 bits per heavy atom. The van der Waals surface area contributed by atoms with Gasteiger partial charge in [0.25, 0.3) is 0 Å². The van der Waals surface area contributed by atoms with Crippen molar-refractivity contribution in [2.45, 2.75) is 39.8 Å². The molecule has 4 nitrogen and oxygen atoms in total. The van der Waals surface area contributed by atoms with E-state index in [2.05, 4.69) is 35.4 Å². The predicted octanol–water partition coefficient (Wildman–Crippen LogP) is 4.97. The number of hydrogen-bond donors (Lipinski definition) is 1. The first kappa shape index (κ1) is 16.8. The minimum Gasteiger partial charge on any atom is -0.466 e. The van der Waals surface area contributed by atoms with Crippen LogP contribution in [0.1, 0.15) is 48.0 Å². The van der Waals surface area contributed by atoms with Crippen molar-refractivity contribution in [2.24, 2.45) is 0 Å². The SMILES string of the molecule is Cc1cc([C@H](C)N[C@H](C)c2nnc(-c3cccc(F)c3)s2)c(C)o1. The zero-order chi connectivity index (χ0) is 17.3. The minimum absolute atomic E-state index is 0.0365. The normalized spacial score (nSPS) is 13.9. The van der Waals surface area contributed by atoms with E-state index in [0.29, 0.717) is 0 Å². The van der Waals surface area contributed by atoms with E-state index in [4.69, 9.17) is 4.42 Å². The number of aromatic nitrogens is 2. The summed E-state index contributed by atoms with van der Waals surface area (Å²) in [6.45, 7) is 8.07. The summed E-state index contributed by atoms with van der Waals surface area (Å²) in [6.07, 6.45) is 0. The fraction of sp³-hybridized carbons (Fsp3) is 0.333. The molecule has 0 unspecified atom stereocenters. The van der Waals surface area contributed by atoms with Gasteiger partial charge in [0, 0.05) is 17.2 Å². The molecular formula is C18H20FN3OS. The zero-order valence-electron chi connectivity index (χ0n) is 14.1. The topological polar surface area (TPSA) is 51.0 Å². The number of halogens is 1. The van der Waals surface area contributed by atoms with Gasteiger partial charge in [0.15, 0.2) is 0 Å². The summed E-state index contributed by atoms with van der Waals surface area (Å²) in [4.78, 5) is 0. The van der Waals surface area contributed by atoms with Gasteiger partial charge in [0.1, 0.15) is 27.4 Å². The molecule has 3 aromatic rings. The molecule has 0 aliphatic rings. The molecule has 0 aliphatic carbocycles. The first-order valence-corrected chi connectivity index (χ1v) is 8.68. The van der Waals surface area contributed by atoms with E-state index >= 15 is 0 Å². The van der Waals surface area contributed by atoms with Crippen LogP contribution in [0.3, 0.4) is 0 Å². The molecule has 0 fully saturated rings. The Balaban J connectivity index is 1.74. The van der Waals surface area contributed by atoms with Crippen molar-refractivity contribution in [3.8, 4) is 10.6 Å². The summed E-state index contributed by atoms with van der Waals surface area (Å²) in [5.41, 5.74) is 1.90. The van der Waals surface area contributed by atoms with Crippen molar-refractivity contribution in [3.05, 3.63) is 58.2 Å². The molecular weight excluding hydrogens is 325 g/mol. The van der Waals surface area contributed by atoms with Gasteiger partial charge in [-0.05, 0) is 45.9 Å². The Kier molecular flexibility index (Phi) is 4.78. The van der Waals surface area contributed by atoms with Gasteiger partial charge in [0.2, 0.25) is 0 Å². The lowest BCUT2D eigenvalue weighted by atomic mass is 10.1. The largest absolute Gasteiger partial charge is 0.466 e. The number of hydrogen-bond acceptors (Lipinski definition) is 5. The van der Waals surface area contributed by atoms with E-state index in [1.165, 1.54) is 23.5 Å². The standard InChI is InChI=1S/C18H20FN3OS/c1-10-8-16(13(4)23-10)11(2)20-12(3)17-21-22-18(24-17)14-6-5-7-15(19)9-14/h5-9,11-12,20H,1-4H3/t11-,12+/m0/s1. The molecule has 0 aliphatic heterocycles. The van der Waals surface area contributed by atoms with Crippen LogP contribution in [-0.4, -0.2) is 10.2 Å². The average Bonchev–Trinajstić information content (AvgIpc) is 3.14. The number of benzene rings is 1. The van der Waals surface area contributed by atoms with Crippen LogP contribution in [-0.2, 0) is 0 Å². The van der Waals surface area contributed by atoms with Crippen molar-refractivity contribution in [3.63, 3.8) is 0 Å². The number of aryl methyl sites for hydroxylation is 2. The molecule has 126 valence electrons. The molecule has 0 radical (unpaired) electrons. The van der Waals surface area contributed by atoms with Crippen LogP contribution in [0.15, 0.2) is 34.7 Å². The second kappa shape index (κ2) is 6.83. The van der Waals surface area contributed by atoms with E-state index < -0.39 is 0 Å². The average molecular weight is 345 g/mol.